The second-order valence-electron chi connectivity index (χ2n) is 6.10. The molecule has 0 amide bonds. The zero-order chi connectivity index (χ0) is 13.0. The summed E-state index contributed by atoms with van der Waals surface area (Å²) >= 11 is 0. The summed E-state index contributed by atoms with van der Waals surface area (Å²) in [4.78, 5) is 0. The van der Waals surface area contributed by atoms with Crippen molar-refractivity contribution in [2.75, 3.05) is 6.54 Å². The van der Waals surface area contributed by atoms with Crippen LogP contribution in [0.4, 0.5) is 0 Å². The van der Waals surface area contributed by atoms with E-state index in [9.17, 15) is 0 Å². The summed E-state index contributed by atoms with van der Waals surface area (Å²) in [5.74, 6) is 1.74. The average molecular weight is 250 g/mol. The third-order valence-electron chi connectivity index (χ3n) is 4.10. The van der Waals surface area contributed by atoms with Crippen LogP contribution < -0.4 is 5.73 Å². The van der Waals surface area contributed by atoms with Crippen LogP contribution in [0, 0.1) is 5.92 Å². The van der Waals surface area contributed by atoms with E-state index in [2.05, 4.69) is 28.6 Å². The van der Waals surface area contributed by atoms with Gasteiger partial charge in [0.05, 0.1) is 0 Å². The maximum atomic E-state index is 6.12. The third kappa shape index (κ3) is 2.74. The molecule has 0 saturated heterocycles. The van der Waals surface area contributed by atoms with Gasteiger partial charge in [0.25, 0.3) is 0 Å². The number of aromatic nitrogens is 3. The van der Waals surface area contributed by atoms with E-state index in [4.69, 9.17) is 5.73 Å². The molecule has 0 atom stereocenters. The highest BCUT2D eigenvalue weighted by atomic mass is 15.3. The number of rotatable bonds is 4. The first-order valence-corrected chi connectivity index (χ1v) is 7.26. The molecule has 4 heteroatoms. The van der Waals surface area contributed by atoms with Crippen LogP contribution >= 0.6 is 0 Å². The van der Waals surface area contributed by atoms with Crippen molar-refractivity contribution in [3.63, 3.8) is 0 Å². The largest absolute Gasteiger partial charge is 0.329 e. The maximum absolute atomic E-state index is 6.12. The number of hydrogen-bond acceptors (Lipinski definition) is 3. The number of hydrogen-bond donors (Lipinski definition) is 1. The Kier molecular flexibility index (Phi) is 4.38. The Balaban J connectivity index is 2.28. The molecule has 1 fully saturated rings. The standard InChI is InChI=1S/C14H26N4/c1-12(2)9-18-11-16-17-13(18)14(10-15)7-5-3-4-6-8-14/h11-12H,3-10,15H2,1-2H3. The molecule has 1 aromatic rings. The third-order valence-corrected chi connectivity index (χ3v) is 4.10. The molecule has 1 heterocycles. The van der Waals surface area contributed by atoms with Crippen LogP contribution in [-0.2, 0) is 12.0 Å². The van der Waals surface area contributed by atoms with Crippen molar-refractivity contribution in [2.24, 2.45) is 11.7 Å². The van der Waals surface area contributed by atoms with E-state index in [1.807, 2.05) is 6.33 Å². The normalized spacial score (nSPS) is 20.0. The highest BCUT2D eigenvalue weighted by molar-refractivity contribution is 5.10. The SMILES string of the molecule is CC(C)Cn1cnnc1C1(CN)CCCCCC1. The van der Waals surface area contributed by atoms with Gasteiger partial charge in [0, 0.05) is 18.5 Å². The van der Waals surface area contributed by atoms with Gasteiger partial charge in [0.1, 0.15) is 12.2 Å². The van der Waals surface area contributed by atoms with E-state index in [1.54, 1.807) is 0 Å². The Morgan fingerprint density at radius 2 is 1.94 bits per heavy atom. The summed E-state index contributed by atoms with van der Waals surface area (Å²) in [6.45, 7) is 6.14. The fourth-order valence-electron chi connectivity index (χ4n) is 3.12. The molecule has 0 radical (unpaired) electrons. The van der Waals surface area contributed by atoms with Gasteiger partial charge in [-0.05, 0) is 18.8 Å². The summed E-state index contributed by atoms with van der Waals surface area (Å²) in [6.07, 6.45) is 9.41. The zero-order valence-electron chi connectivity index (χ0n) is 11.7. The minimum atomic E-state index is 0.0713. The Labute approximate surface area is 110 Å². The lowest BCUT2D eigenvalue weighted by Gasteiger charge is -2.31. The smallest absolute Gasteiger partial charge is 0.140 e. The van der Waals surface area contributed by atoms with Gasteiger partial charge in [0.2, 0.25) is 0 Å². The Morgan fingerprint density at radius 1 is 1.28 bits per heavy atom. The molecular weight excluding hydrogens is 224 g/mol. The molecule has 1 aromatic heterocycles. The molecule has 0 spiro atoms. The lowest BCUT2D eigenvalue weighted by Crippen LogP contribution is -2.38. The van der Waals surface area contributed by atoms with Crippen molar-refractivity contribution in [1.82, 2.24) is 14.8 Å². The molecule has 1 aliphatic rings. The average Bonchev–Trinajstić information content (AvgIpc) is 2.66. The molecule has 0 bridgehead atoms. The first-order chi connectivity index (χ1) is 8.68. The van der Waals surface area contributed by atoms with E-state index in [0.717, 1.165) is 12.4 Å². The van der Waals surface area contributed by atoms with Crippen molar-refractivity contribution in [1.29, 1.82) is 0 Å². The van der Waals surface area contributed by atoms with Crippen LogP contribution in [0.2, 0.25) is 0 Å². The van der Waals surface area contributed by atoms with Gasteiger partial charge in [-0.1, -0.05) is 39.5 Å². The molecule has 0 aliphatic heterocycles. The fraction of sp³-hybridized carbons (Fsp3) is 0.857. The first-order valence-electron chi connectivity index (χ1n) is 7.26. The molecule has 102 valence electrons. The van der Waals surface area contributed by atoms with Crippen molar-refractivity contribution in [3.8, 4) is 0 Å². The van der Waals surface area contributed by atoms with E-state index < -0.39 is 0 Å². The summed E-state index contributed by atoms with van der Waals surface area (Å²) in [6, 6.07) is 0. The lowest BCUT2D eigenvalue weighted by atomic mass is 9.79. The molecule has 18 heavy (non-hydrogen) atoms. The number of nitrogens with zero attached hydrogens (tertiary/aromatic N) is 3. The predicted molar refractivity (Wildman–Crippen MR) is 73.3 cm³/mol. The van der Waals surface area contributed by atoms with E-state index in [1.165, 1.54) is 38.5 Å². The molecule has 1 aliphatic carbocycles. The van der Waals surface area contributed by atoms with Gasteiger partial charge in [-0.2, -0.15) is 0 Å². The van der Waals surface area contributed by atoms with Gasteiger partial charge < -0.3 is 10.3 Å². The monoisotopic (exact) mass is 250 g/mol. The van der Waals surface area contributed by atoms with Gasteiger partial charge in [-0.25, -0.2) is 0 Å². The molecule has 4 nitrogen and oxygen atoms in total. The van der Waals surface area contributed by atoms with Gasteiger partial charge in [-0.15, -0.1) is 10.2 Å². The quantitative estimate of drug-likeness (QED) is 0.835. The minimum Gasteiger partial charge on any atom is -0.329 e. The fourth-order valence-corrected chi connectivity index (χ4v) is 3.12. The van der Waals surface area contributed by atoms with Crippen LogP contribution in [0.5, 0.6) is 0 Å². The van der Waals surface area contributed by atoms with Crippen LogP contribution in [-0.4, -0.2) is 21.3 Å². The van der Waals surface area contributed by atoms with Crippen LogP contribution in [0.1, 0.15) is 58.2 Å². The molecule has 2 N–H and O–H groups in total. The minimum absolute atomic E-state index is 0.0713. The summed E-state index contributed by atoms with van der Waals surface area (Å²) in [5.41, 5.74) is 6.19. The summed E-state index contributed by atoms with van der Waals surface area (Å²) in [7, 11) is 0. The maximum Gasteiger partial charge on any atom is 0.140 e. The van der Waals surface area contributed by atoms with E-state index in [0.29, 0.717) is 12.5 Å². The molecule has 1 saturated carbocycles. The molecule has 0 aromatic carbocycles. The van der Waals surface area contributed by atoms with Crippen molar-refractivity contribution >= 4 is 0 Å². The van der Waals surface area contributed by atoms with E-state index >= 15 is 0 Å². The van der Waals surface area contributed by atoms with Gasteiger partial charge in [0.15, 0.2) is 0 Å². The van der Waals surface area contributed by atoms with Crippen molar-refractivity contribution < 1.29 is 0 Å². The second-order valence-corrected chi connectivity index (χ2v) is 6.10. The predicted octanol–water partition coefficient (Wildman–Crippen LogP) is 2.48. The van der Waals surface area contributed by atoms with Crippen LogP contribution in [0.25, 0.3) is 0 Å². The van der Waals surface area contributed by atoms with Crippen LogP contribution in [0.3, 0.4) is 0 Å². The molecule has 2 rings (SSSR count). The topological polar surface area (TPSA) is 56.7 Å². The van der Waals surface area contributed by atoms with Crippen LogP contribution in [0.15, 0.2) is 6.33 Å². The Bertz CT molecular complexity index is 362. The first kappa shape index (κ1) is 13.5. The Hall–Kier alpha value is -0.900. The second kappa shape index (κ2) is 5.83. The highest BCUT2D eigenvalue weighted by Crippen LogP contribution is 2.36. The highest BCUT2D eigenvalue weighted by Gasteiger charge is 2.36. The Morgan fingerprint density at radius 3 is 2.50 bits per heavy atom. The molecular formula is C14H26N4. The van der Waals surface area contributed by atoms with Gasteiger partial charge >= 0.3 is 0 Å². The summed E-state index contributed by atoms with van der Waals surface area (Å²) in [5, 5.41) is 8.54. The zero-order valence-corrected chi connectivity index (χ0v) is 11.7. The lowest BCUT2D eigenvalue weighted by molar-refractivity contribution is 0.335. The van der Waals surface area contributed by atoms with Gasteiger partial charge in [-0.3, -0.25) is 0 Å². The summed E-state index contributed by atoms with van der Waals surface area (Å²) < 4.78 is 2.23. The molecule has 0 unspecified atom stereocenters. The van der Waals surface area contributed by atoms with E-state index in [-0.39, 0.29) is 5.41 Å². The van der Waals surface area contributed by atoms with Crippen molar-refractivity contribution in [3.05, 3.63) is 12.2 Å². The number of nitrogens with two attached hydrogens (primary N) is 1. The van der Waals surface area contributed by atoms with Crippen molar-refractivity contribution in [2.45, 2.75) is 64.3 Å².